The standard InChI is InChI=1S/C32H45N2O3PS.C22H38NO8P.C21H37ClNO7P.C14H30NO5PS/c1-26(2)36-38(39,37-31(3,4)5)34-25-15-9-14-24-33-32(27-16-10-7-11-17-27,28-18-12-8-13-19-28)29-20-22-30(35-6)23-21-29;1-17(11-13-25-5)30-32(24,31-22(2,3)4)23-12-14-27-15-20-16-28-21(29-20)18-7-9-19(26-6)10-8-18;1-8-27-14-16(2)15-29-31(24,30-21(3,4)5)23-11-12-28-17-9-10-18(19(22)13-17)20(25-6)26-7;1-7-18-10-11-19-21(22,20-14(3,4)5)15-12(2)8-9-13(16)17-6/h7-8,10-13,16-23,26,33H,9,14-15,24-25H2,1-6H3,(H,34,39);7-10,17,20-21H,11-16H2,1-6H3,(H,23,24);9-10,13,16,20H,8,11-12,14-15H2,1-7H3,(H,23,24);12H,7-11H2,1-6H3,(H,15,22). The number of benzene rings is 5. The van der Waals surface area contributed by atoms with Crippen molar-refractivity contribution in [1.82, 2.24) is 25.7 Å². The Kier molecular flexibility index (Phi) is 54.3. The molecule has 708 valence electrons. The van der Waals surface area contributed by atoms with Crippen molar-refractivity contribution in [3.05, 3.63) is 160 Å². The minimum atomic E-state index is -3.53. The largest absolute Gasteiger partial charge is 0.497 e. The molecule has 9 unspecified atom stereocenters. The van der Waals surface area contributed by atoms with Crippen LogP contribution in [0.1, 0.15) is 210 Å². The lowest BCUT2D eigenvalue weighted by atomic mass is 9.77. The summed E-state index contributed by atoms with van der Waals surface area (Å²) in [5.74, 6) is 2.04. The van der Waals surface area contributed by atoms with Crippen LogP contribution in [0.2, 0.25) is 5.02 Å². The molecule has 0 saturated carbocycles. The van der Waals surface area contributed by atoms with Crippen molar-refractivity contribution in [1.29, 1.82) is 0 Å². The van der Waals surface area contributed by atoms with E-state index in [-0.39, 0.29) is 61.6 Å². The van der Waals surface area contributed by atoms with E-state index in [2.05, 4.69) is 103 Å². The summed E-state index contributed by atoms with van der Waals surface area (Å²) >= 11 is 17.7. The van der Waals surface area contributed by atoms with Crippen molar-refractivity contribution in [3.63, 3.8) is 0 Å². The molecule has 0 bridgehead atoms. The minimum absolute atomic E-state index is 0.0111. The van der Waals surface area contributed by atoms with Crippen molar-refractivity contribution in [2.75, 3.05) is 142 Å². The first-order valence-corrected chi connectivity index (χ1v) is 51.2. The highest BCUT2D eigenvalue weighted by molar-refractivity contribution is 8.09. The van der Waals surface area contributed by atoms with Crippen molar-refractivity contribution in [2.24, 2.45) is 5.92 Å². The van der Waals surface area contributed by atoms with Gasteiger partial charge in [-0.3, -0.25) is 28.2 Å². The molecule has 0 radical (unpaired) electrons. The smallest absolute Gasteiger partial charge is 0.406 e. The third-order valence-corrected chi connectivity index (χ3v) is 27.1. The number of hydrogen-bond acceptors (Lipinski definition) is 26. The van der Waals surface area contributed by atoms with Gasteiger partial charge in [-0.1, -0.05) is 110 Å². The highest BCUT2D eigenvalue weighted by Gasteiger charge is 2.38. The number of carbonyl (C=O) groups excluding carboxylic acids is 1. The van der Waals surface area contributed by atoms with E-state index in [1.165, 1.54) is 38.0 Å². The molecule has 1 aliphatic rings. The molecule has 0 spiro atoms. The Labute approximate surface area is 757 Å². The van der Waals surface area contributed by atoms with Gasteiger partial charge in [0.15, 0.2) is 12.6 Å². The van der Waals surface area contributed by atoms with Crippen LogP contribution in [0.3, 0.4) is 0 Å². The monoisotopic (exact) mass is 1880 g/mol. The maximum Gasteiger partial charge on any atom is 0.406 e. The zero-order chi connectivity index (χ0) is 92.7. The van der Waals surface area contributed by atoms with Gasteiger partial charge in [0.2, 0.25) is 0 Å². The van der Waals surface area contributed by atoms with Gasteiger partial charge in [0, 0.05) is 90.3 Å². The van der Waals surface area contributed by atoms with Gasteiger partial charge in [0.05, 0.1) is 113 Å². The zero-order valence-corrected chi connectivity index (χ0v) is 84.4. The molecule has 1 fully saturated rings. The zero-order valence-electron chi connectivity index (χ0n) is 78.4. The fraction of sp³-hybridized carbons (Fsp3) is 0.652. The molecule has 1 saturated heterocycles. The van der Waals surface area contributed by atoms with Gasteiger partial charge >= 0.3 is 21.5 Å². The summed E-state index contributed by atoms with van der Waals surface area (Å²) in [5.41, 5.74) is 2.67. The Morgan fingerprint density at radius 3 is 1.60 bits per heavy atom. The van der Waals surface area contributed by atoms with Crippen molar-refractivity contribution >= 4 is 70.0 Å². The van der Waals surface area contributed by atoms with Gasteiger partial charge in [-0.15, -0.1) is 0 Å². The van der Waals surface area contributed by atoms with Crippen LogP contribution >= 0.6 is 40.4 Å². The predicted molar refractivity (Wildman–Crippen MR) is 501 cm³/mol. The van der Waals surface area contributed by atoms with Gasteiger partial charge < -0.3 is 74.9 Å². The summed E-state index contributed by atoms with van der Waals surface area (Å²) in [4.78, 5) is 11.2. The second-order valence-electron chi connectivity index (χ2n) is 33.4. The van der Waals surface area contributed by atoms with Gasteiger partial charge in [-0.25, -0.2) is 29.5 Å². The Bertz CT molecular complexity index is 3860. The van der Waals surface area contributed by atoms with E-state index in [0.717, 1.165) is 49.4 Å². The number of unbranched alkanes of at least 4 members (excludes halogenated alkanes) is 2. The molecule has 9 atom stereocenters. The molecule has 124 heavy (non-hydrogen) atoms. The number of carbonyl (C=O) groups is 1. The van der Waals surface area contributed by atoms with E-state index in [0.29, 0.717) is 102 Å². The third kappa shape index (κ3) is 47.8. The fourth-order valence-corrected chi connectivity index (χ4v) is 22.3. The van der Waals surface area contributed by atoms with Crippen LogP contribution in [0.25, 0.3) is 0 Å². The van der Waals surface area contributed by atoms with Crippen molar-refractivity contribution in [2.45, 2.75) is 235 Å². The maximum atomic E-state index is 13.2. The number of nitrogens with one attached hydrogen (secondary N) is 5. The molecule has 5 aromatic rings. The highest BCUT2D eigenvalue weighted by Crippen LogP contribution is 2.52. The van der Waals surface area contributed by atoms with Crippen LogP contribution in [0.4, 0.5) is 0 Å². The lowest BCUT2D eigenvalue weighted by Gasteiger charge is -2.37. The van der Waals surface area contributed by atoms with E-state index < -0.39 is 63.7 Å². The number of hydrogen-bond donors (Lipinski definition) is 5. The highest BCUT2D eigenvalue weighted by atomic mass is 35.5. The summed E-state index contributed by atoms with van der Waals surface area (Å²) in [5, 5.41) is 16.8. The van der Waals surface area contributed by atoms with E-state index in [1.807, 2.05) is 168 Å². The minimum Gasteiger partial charge on any atom is -0.497 e. The Morgan fingerprint density at radius 1 is 0.540 bits per heavy atom. The van der Waals surface area contributed by atoms with Crippen LogP contribution in [0.15, 0.2) is 127 Å². The molecule has 28 nitrogen and oxygen atoms in total. The first-order chi connectivity index (χ1) is 58.4. The van der Waals surface area contributed by atoms with Gasteiger partial charge in [0.25, 0.3) is 13.3 Å². The van der Waals surface area contributed by atoms with E-state index in [4.69, 9.17) is 124 Å². The number of methoxy groups -OCH3 is 6. The maximum absolute atomic E-state index is 13.2. The Hall–Kier alpha value is -3.82. The first-order valence-electron chi connectivity index (χ1n) is 42.5. The normalized spacial score (nSPS) is 16.6. The summed E-state index contributed by atoms with van der Waals surface area (Å²) < 4.78 is 137. The summed E-state index contributed by atoms with van der Waals surface area (Å²) in [6, 6.07) is 42.5. The molecule has 1 aliphatic heterocycles. The molecule has 0 aliphatic carbocycles. The number of halogens is 1. The molecule has 0 aromatic heterocycles. The first kappa shape index (κ1) is 114. The van der Waals surface area contributed by atoms with Crippen LogP contribution in [0.5, 0.6) is 17.2 Å². The number of esters is 1. The van der Waals surface area contributed by atoms with Crippen LogP contribution in [0, 0.1) is 5.92 Å². The third-order valence-electron chi connectivity index (χ3n) is 17.0. The SMILES string of the molecule is CCOCC(C)COP(=O)(NCCOc1ccc(C(OC)OC)c(Cl)c1)OC(C)(C)C.CCOCCOP(=S)(NC(C)CCC(=O)OC)OC(C)(C)C.COCCC(C)OP(=O)(NCCOCC1COC(c2ccc(OC)cc2)O1)OC(C)(C)C.COc1ccc(C(NCCCCCNP(=S)(OC(C)C)OC(C)(C)C)(c2ccccc2)c2ccccc2)cc1. The second-order valence-corrected chi connectivity index (χ2v) is 43.6. The molecule has 0 amide bonds. The fourth-order valence-electron chi connectivity index (χ4n) is 11.8. The average Bonchev–Trinajstić information content (AvgIpc) is 0.928. The van der Waals surface area contributed by atoms with Crippen molar-refractivity contribution in [3.8, 4) is 17.2 Å². The molecular weight excluding hydrogens is 1730 g/mol. The lowest BCUT2D eigenvalue weighted by molar-refractivity contribution is -0.140. The van der Waals surface area contributed by atoms with Crippen LogP contribution in [-0.4, -0.2) is 194 Å². The Balaban J connectivity index is 0.000000435. The van der Waals surface area contributed by atoms with E-state index >= 15 is 0 Å². The molecular formula is C89H150ClN5O23P4S2. The average molecular weight is 1880 g/mol. The van der Waals surface area contributed by atoms with Crippen molar-refractivity contribution < 1.29 is 107 Å². The molecule has 6 rings (SSSR count). The topological polar surface area (TPSA) is 296 Å². The number of ether oxygens (including phenoxy) is 12. The summed E-state index contributed by atoms with van der Waals surface area (Å²) in [6.45, 7) is 38.1. The number of rotatable bonds is 55. The molecule has 1 heterocycles. The van der Waals surface area contributed by atoms with Gasteiger partial charge in [-0.2, -0.15) is 0 Å². The van der Waals surface area contributed by atoms with E-state index in [1.54, 1.807) is 39.5 Å². The Morgan fingerprint density at radius 2 is 1.07 bits per heavy atom. The predicted octanol–water partition coefficient (Wildman–Crippen LogP) is 20.1. The molecule has 5 N–H and O–H groups in total. The molecule has 35 heteroatoms. The summed E-state index contributed by atoms with van der Waals surface area (Å²) in [6.07, 6.45) is 3.18. The van der Waals surface area contributed by atoms with Crippen LogP contribution < -0.4 is 39.9 Å². The van der Waals surface area contributed by atoms with E-state index in [9.17, 15) is 13.9 Å². The molecule has 5 aromatic carbocycles. The van der Waals surface area contributed by atoms with Gasteiger partial charge in [0.1, 0.15) is 30.0 Å². The van der Waals surface area contributed by atoms with Gasteiger partial charge in [-0.05, 0) is 240 Å². The lowest BCUT2D eigenvalue weighted by Crippen LogP contribution is -2.45. The van der Waals surface area contributed by atoms with Crippen LogP contribution in [-0.2, 0) is 122 Å². The quantitative estimate of drug-likeness (QED) is 0.00794. The second kappa shape index (κ2) is 58.8. The summed E-state index contributed by atoms with van der Waals surface area (Å²) in [7, 11) is 2.36.